The van der Waals surface area contributed by atoms with Gasteiger partial charge in [-0.2, -0.15) is 0 Å². The largest absolute Gasteiger partial charge is 0.261 e. The van der Waals surface area contributed by atoms with E-state index in [1.165, 1.54) is 0 Å². The number of aryl methyl sites for hydroxylation is 1. The molecular weight excluding hydrogens is 274 g/mol. The average molecular weight is 280 g/mol. The fourth-order valence-electron chi connectivity index (χ4n) is 1.19. The molecule has 0 aliphatic rings. The van der Waals surface area contributed by atoms with Crippen LogP contribution in [0.1, 0.15) is 5.69 Å². The molecule has 2 heterocycles. The van der Waals surface area contributed by atoms with Gasteiger partial charge in [0.05, 0.1) is 5.52 Å². The number of pyridine rings is 2. The summed E-state index contributed by atoms with van der Waals surface area (Å²) in [4.78, 5) is 8.43. The fourth-order valence-corrected chi connectivity index (χ4v) is 1.74. The zero-order valence-electron chi connectivity index (χ0n) is 7.08. The van der Waals surface area contributed by atoms with Gasteiger partial charge in [-0.25, -0.2) is 0 Å². The molecule has 0 fully saturated rings. The van der Waals surface area contributed by atoms with Gasteiger partial charge in [-0.05, 0) is 35.6 Å². The second-order valence-corrected chi connectivity index (χ2v) is 3.97. The molecular formula is C9H6BIN2. The molecule has 13 heavy (non-hydrogen) atoms. The predicted octanol–water partition coefficient (Wildman–Crippen LogP) is 1.34. The fraction of sp³-hybridized carbons (Fsp3) is 0.111. The van der Waals surface area contributed by atoms with E-state index in [0.29, 0.717) is 5.46 Å². The lowest BCUT2D eigenvalue weighted by Crippen LogP contribution is -2.12. The van der Waals surface area contributed by atoms with E-state index in [1.807, 2.05) is 19.2 Å². The molecule has 2 nitrogen and oxygen atoms in total. The molecule has 0 atom stereocenters. The Morgan fingerprint density at radius 2 is 2.15 bits per heavy atom. The van der Waals surface area contributed by atoms with Crippen molar-refractivity contribution in [2.24, 2.45) is 0 Å². The Hall–Kier alpha value is -0.645. The molecule has 2 aromatic heterocycles. The van der Waals surface area contributed by atoms with Gasteiger partial charge in [0.2, 0.25) is 0 Å². The number of aromatic nitrogens is 2. The van der Waals surface area contributed by atoms with Crippen LogP contribution in [0.2, 0.25) is 0 Å². The van der Waals surface area contributed by atoms with Crippen LogP contribution in [0.3, 0.4) is 0 Å². The summed E-state index contributed by atoms with van der Waals surface area (Å²) < 4.78 is 1.13. The highest BCUT2D eigenvalue weighted by Gasteiger charge is 2.03. The third-order valence-corrected chi connectivity index (χ3v) is 2.91. The molecule has 0 spiro atoms. The smallest absolute Gasteiger partial charge is 0.119 e. The van der Waals surface area contributed by atoms with Gasteiger partial charge in [0.25, 0.3) is 0 Å². The molecule has 2 radical (unpaired) electrons. The van der Waals surface area contributed by atoms with Gasteiger partial charge in [0.15, 0.2) is 0 Å². The lowest BCUT2D eigenvalue weighted by molar-refractivity contribution is 1.23. The zero-order valence-corrected chi connectivity index (χ0v) is 9.24. The van der Waals surface area contributed by atoms with Gasteiger partial charge in [-0.1, -0.05) is 5.46 Å². The van der Waals surface area contributed by atoms with Crippen LogP contribution in [0.4, 0.5) is 0 Å². The van der Waals surface area contributed by atoms with E-state index in [4.69, 9.17) is 7.85 Å². The standard InChI is InChI=1S/C9H6BIN2/c1-5-8(10)9-6(4-13-5)7(11)2-3-12-9/h2-4H,1H3. The molecule has 0 N–H and O–H groups in total. The highest BCUT2D eigenvalue weighted by atomic mass is 127. The first-order chi connectivity index (χ1) is 6.20. The lowest BCUT2D eigenvalue weighted by Gasteiger charge is -2.04. The maximum Gasteiger partial charge on any atom is 0.119 e. The van der Waals surface area contributed by atoms with Crippen molar-refractivity contribution in [1.29, 1.82) is 0 Å². The normalized spacial score (nSPS) is 10.6. The molecule has 0 saturated carbocycles. The quantitative estimate of drug-likeness (QED) is 0.537. The van der Waals surface area contributed by atoms with Crippen LogP contribution in [-0.2, 0) is 0 Å². The highest BCUT2D eigenvalue weighted by molar-refractivity contribution is 14.1. The van der Waals surface area contributed by atoms with Crippen molar-refractivity contribution in [1.82, 2.24) is 9.97 Å². The van der Waals surface area contributed by atoms with Gasteiger partial charge < -0.3 is 0 Å². The van der Waals surface area contributed by atoms with E-state index in [0.717, 1.165) is 20.2 Å². The van der Waals surface area contributed by atoms with Gasteiger partial charge in [0, 0.05) is 27.0 Å². The minimum Gasteiger partial charge on any atom is -0.261 e. The first-order valence-corrected chi connectivity index (χ1v) is 4.93. The third kappa shape index (κ3) is 1.43. The Labute approximate surface area is 91.3 Å². The number of fused-ring (bicyclic) bond motifs is 1. The minimum atomic E-state index is 0.677. The first kappa shape index (κ1) is 8.93. The predicted molar refractivity (Wildman–Crippen MR) is 62.4 cm³/mol. The van der Waals surface area contributed by atoms with Crippen LogP contribution in [0, 0.1) is 10.5 Å². The number of hydrogen-bond donors (Lipinski definition) is 0. The second kappa shape index (κ2) is 3.25. The number of nitrogens with zero attached hydrogens (tertiary/aromatic N) is 2. The van der Waals surface area contributed by atoms with Crippen molar-refractivity contribution in [2.45, 2.75) is 6.92 Å². The summed E-state index contributed by atoms with van der Waals surface area (Å²) in [5, 5.41) is 1.02. The molecule has 0 aromatic carbocycles. The molecule has 62 valence electrons. The Kier molecular flexibility index (Phi) is 2.23. The zero-order chi connectivity index (χ0) is 9.42. The maximum atomic E-state index is 5.86. The molecule has 0 amide bonds. The number of halogens is 1. The first-order valence-electron chi connectivity index (χ1n) is 3.85. The van der Waals surface area contributed by atoms with Crippen molar-refractivity contribution >= 4 is 46.8 Å². The van der Waals surface area contributed by atoms with E-state index < -0.39 is 0 Å². The Bertz CT molecular complexity index is 470. The van der Waals surface area contributed by atoms with Crippen LogP contribution in [0.15, 0.2) is 18.5 Å². The van der Waals surface area contributed by atoms with Crippen molar-refractivity contribution in [3.05, 3.63) is 27.7 Å². The van der Waals surface area contributed by atoms with Gasteiger partial charge in [-0.3, -0.25) is 9.97 Å². The molecule has 2 aromatic rings. The number of hydrogen-bond acceptors (Lipinski definition) is 2. The minimum absolute atomic E-state index is 0.677. The summed E-state index contributed by atoms with van der Waals surface area (Å²) >= 11 is 2.25. The summed E-state index contributed by atoms with van der Waals surface area (Å²) in [5.74, 6) is 0. The monoisotopic (exact) mass is 280 g/mol. The maximum absolute atomic E-state index is 5.86. The van der Waals surface area contributed by atoms with Crippen LogP contribution in [0.5, 0.6) is 0 Å². The summed E-state index contributed by atoms with van der Waals surface area (Å²) in [6.45, 7) is 1.89. The summed E-state index contributed by atoms with van der Waals surface area (Å²) in [6, 6.07) is 1.94. The average Bonchev–Trinajstić information content (AvgIpc) is 2.12. The summed E-state index contributed by atoms with van der Waals surface area (Å²) in [5.41, 5.74) is 2.36. The molecule has 0 aliphatic carbocycles. The topological polar surface area (TPSA) is 25.8 Å². The van der Waals surface area contributed by atoms with E-state index in [9.17, 15) is 0 Å². The van der Waals surface area contributed by atoms with E-state index >= 15 is 0 Å². The molecule has 2 rings (SSSR count). The number of rotatable bonds is 0. The molecule has 0 bridgehead atoms. The molecule has 0 saturated heterocycles. The molecule has 0 unspecified atom stereocenters. The van der Waals surface area contributed by atoms with Crippen LogP contribution >= 0.6 is 22.6 Å². The van der Waals surface area contributed by atoms with Crippen LogP contribution in [0.25, 0.3) is 10.9 Å². The summed E-state index contributed by atoms with van der Waals surface area (Å²) in [7, 11) is 5.86. The second-order valence-electron chi connectivity index (χ2n) is 2.81. The van der Waals surface area contributed by atoms with Gasteiger partial charge in [-0.15, -0.1) is 0 Å². The Balaban J connectivity index is 2.94. The SMILES string of the molecule is [B]c1c(C)ncc2c(I)ccnc12. The van der Waals surface area contributed by atoms with Gasteiger partial charge in [0.1, 0.15) is 7.85 Å². The van der Waals surface area contributed by atoms with E-state index in [-0.39, 0.29) is 0 Å². The highest BCUT2D eigenvalue weighted by Crippen LogP contribution is 2.15. The van der Waals surface area contributed by atoms with Crippen molar-refractivity contribution in [3.63, 3.8) is 0 Å². The lowest BCUT2D eigenvalue weighted by atomic mass is 9.92. The van der Waals surface area contributed by atoms with Gasteiger partial charge >= 0.3 is 0 Å². The van der Waals surface area contributed by atoms with Crippen molar-refractivity contribution in [3.8, 4) is 0 Å². The molecule has 4 heteroatoms. The van der Waals surface area contributed by atoms with Crippen LogP contribution < -0.4 is 5.46 Å². The third-order valence-electron chi connectivity index (χ3n) is 1.97. The van der Waals surface area contributed by atoms with Crippen molar-refractivity contribution in [2.75, 3.05) is 0 Å². The van der Waals surface area contributed by atoms with Crippen LogP contribution in [-0.4, -0.2) is 17.8 Å². The van der Waals surface area contributed by atoms with E-state index in [2.05, 4.69) is 32.6 Å². The molecule has 0 aliphatic heterocycles. The van der Waals surface area contributed by atoms with E-state index in [1.54, 1.807) is 6.20 Å². The Morgan fingerprint density at radius 1 is 1.38 bits per heavy atom. The Morgan fingerprint density at radius 3 is 2.92 bits per heavy atom. The summed E-state index contributed by atoms with van der Waals surface area (Å²) in [6.07, 6.45) is 3.58. The van der Waals surface area contributed by atoms with Crippen molar-refractivity contribution < 1.29 is 0 Å².